The number of likely N-dealkylation sites (tertiary alicyclic amines) is 1. The predicted molar refractivity (Wildman–Crippen MR) is 122 cm³/mol. The molecule has 2 heterocycles. The van der Waals surface area contributed by atoms with Gasteiger partial charge in [0.05, 0.1) is 50.0 Å². The van der Waals surface area contributed by atoms with Crippen molar-refractivity contribution in [2.45, 2.75) is 70.5 Å². The molecule has 4 nitrogen and oxygen atoms in total. The van der Waals surface area contributed by atoms with Gasteiger partial charge in [-0.2, -0.15) is 26.3 Å². The Morgan fingerprint density at radius 1 is 1.06 bits per heavy atom. The molecule has 3 aliphatic rings. The molecule has 4 rings (SSSR count). The largest absolute Gasteiger partial charge is 0.416 e. The average Bonchev–Trinajstić information content (AvgIpc) is 3.40. The van der Waals surface area contributed by atoms with Crippen molar-refractivity contribution in [3.05, 3.63) is 34.9 Å². The van der Waals surface area contributed by atoms with Crippen molar-refractivity contribution in [2.75, 3.05) is 26.8 Å². The minimum absolute atomic E-state index is 0.103. The van der Waals surface area contributed by atoms with Gasteiger partial charge >= 0.3 is 12.4 Å². The number of hydrogen-bond donors (Lipinski definition) is 1. The standard InChI is InChI=1S/C26H34F6N2O2/c1-15(2)21-11-20(34(3)6-4-17-14-36-7-5-23(17)34)12-22(21)24(35)33-13-16-8-18(25(27,28)29)10-19(9-16)26(30,31)32/h8-10,15,17,20-23H,4-7,11-14H2,1-3H3/p+1/t17?,20-,21?,22?,23?,34?/m1/s1. The fourth-order valence-corrected chi connectivity index (χ4v) is 6.91. The molecule has 1 aliphatic carbocycles. The summed E-state index contributed by atoms with van der Waals surface area (Å²) in [5, 5.41) is 2.66. The highest BCUT2D eigenvalue weighted by Crippen LogP contribution is 2.47. The van der Waals surface area contributed by atoms with Crippen molar-refractivity contribution in [3.8, 4) is 0 Å². The van der Waals surface area contributed by atoms with E-state index in [1.54, 1.807) is 0 Å². The average molecular weight is 522 g/mol. The number of fused-ring (bicyclic) bond motifs is 1. The molecule has 1 aromatic rings. The lowest BCUT2D eigenvalue weighted by atomic mass is 9.85. The van der Waals surface area contributed by atoms with Gasteiger partial charge in [0.15, 0.2) is 0 Å². The van der Waals surface area contributed by atoms with Crippen LogP contribution in [0.2, 0.25) is 0 Å². The topological polar surface area (TPSA) is 38.3 Å². The van der Waals surface area contributed by atoms with E-state index in [0.717, 1.165) is 43.5 Å². The van der Waals surface area contributed by atoms with E-state index in [1.807, 2.05) is 0 Å². The molecule has 1 saturated carbocycles. The van der Waals surface area contributed by atoms with Crippen LogP contribution in [-0.2, 0) is 28.4 Å². The van der Waals surface area contributed by atoms with E-state index in [0.29, 0.717) is 36.6 Å². The second kappa shape index (κ2) is 9.82. The molecule has 0 spiro atoms. The Balaban J connectivity index is 1.49. The Morgan fingerprint density at radius 2 is 1.69 bits per heavy atom. The molecule has 0 radical (unpaired) electrons. The van der Waals surface area contributed by atoms with Crippen LogP contribution in [0.25, 0.3) is 0 Å². The molecule has 1 amide bonds. The number of halogens is 6. The highest BCUT2D eigenvalue weighted by Gasteiger charge is 2.55. The van der Waals surface area contributed by atoms with Gasteiger partial charge in [0, 0.05) is 44.1 Å². The summed E-state index contributed by atoms with van der Waals surface area (Å²) < 4.78 is 85.8. The molecule has 36 heavy (non-hydrogen) atoms. The Kier molecular flexibility index (Phi) is 7.43. The van der Waals surface area contributed by atoms with E-state index >= 15 is 0 Å². The van der Waals surface area contributed by atoms with Crippen molar-refractivity contribution in [1.29, 1.82) is 0 Å². The van der Waals surface area contributed by atoms with Crippen molar-refractivity contribution in [2.24, 2.45) is 23.7 Å². The van der Waals surface area contributed by atoms with Gasteiger partial charge in [-0.1, -0.05) is 13.8 Å². The van der Waals surface area contributed by atoms with E-state index in [4.69, 9.17) is 4.74 Å². The molecule has 2 saturated heterocycles. The number of quaternary nitrogens is 1. The highest BCUT2D eigenvalue weighted by atomic mass is 19.4. The van der Waals surface area contributed by atoms with Gasteiger partial charge in [0.1, 0.15) is 0 Å². The Bertz CT molecular complexity index is 930. The molecule has 0 aromatic heterocycles. The molecule has 1 aromatic carbocycles. The maximum absolute atomic E-state index is 13.3. The van der Waals surface area contributed by atoms with Crippen LogP contribution in [0.1, 0.15) is 56.2 Å². The number of hydrogen-bond acceptors (Lipinski definition) is 2. The Morgan fingerprint density at radius 3 is 2.28 bits per heavy atom. The maximum Gasteiger partial charge on any atom is 0.416 e. The first kappa shape index (κ1) is 27.2. The normalized spacial score (nSPS) is 33.1. The van der Waals surface area contributed by atoms with Crippen molar-refractivity contribution >= 4 is 5.91 Å². The number of amides is 1. The summed E-state index contributed by atoms with van der Waals surface area (Å²) in [5.74, 6) is 0.248. The SMILES string of the molecule is CC(C)C1C[C@@H]([N+]2(C)CCC3COCCC32)CC1C(=O)NCc1cc(C(F)(F)F)cc(C(F)(F)F)c1. The number of carbonyl (C=O) groups excluding carboxylic acids is 1. The number of nitrogens with one attached hydrogen (secondary N) is 1. The lowest BCUT2D eigenvalue weighted by Crippen LogP contribution is -2.57. The van der Waals surface area contributed by atoms with Gasteiger partial charge < -0.3 is 14.5 Å². The van der Waals surface area contributed by atoms with Gasteiger partial charge in [-0.15, -0.1) is 0 Å². The summed E-state index contributed by atoms with van der Waals surface area (Å²) in [6.45, 7) is 6.31. The van der Waals surface area contributed by atoms with E-state index in [2.05, 4.69) is 26.2 Å². The van der Waals surface area contributed by atoms with Crippen LogP contribution in [0.4, 0.5) is 26.3 Å². The number of rotatable bonds is 5. The first-order chi connectivity index (χ1) is 16.7. The summed E-state index contributed by atoms with van der Waals surface area (Å²) in [7, 11) is 2.28. The third kappa shape index (κ3) is 5.39. The van der Waals surface area contributed by atoms with E-state index in [1.165, 1.54) is 0 Å². The zero-order valence-electron chi connectivity index (χ0n) is 20.9. The Hall–Kier alpha value is -1.81. The quantitative estimate of drug-likeness (QED) is 0.402. The van der Waals surface area contributed by atoms with Crippen molar-refractivity contribution in [3.63, 3.8) is 0 Å². The Labute approximate surface area is 208 Å². The van der Waals surface area contributed by atoms with Crippen LogP contribution < -0.4 is 5.32 Å². The molecule has 5 unspecified atom stereocenters. The van der Waals surface area contributed by atoms with Gasteiger partial charge in [-0.3, -0.25) is 4.79 Å². The second-order valence-corrected chi connectivity index (χ2v) is 11.3. The van der Waals surface area contributed by atoms with Crippen LogP contribution in [-0.4, -0.2) is 49.3 Å². The summed E-state index contributed by atoms with van der Waals surface area (Å²) in [6.07, 6.45) is -6.18. The van der Waals surface area contributed by atoms with Gasteiger partial charge in [0.2, 0.25) is 5.91 Å². The summed E-state index contributed by atoms with van der Waals surface area (Å²) in [6, 6.07) is 2.25. The third-order valence-corrected chi connectivity index (χ3v) is 8.90. The third-order valence-electron chi connectivity index (χ3n) is 8.90. The van der Waals surface area contributed by atoms with E-state index in [-0.39, 0.29) is 41.8 Å². The fourth-order valence-electron chi connectivity index (χ4n) is 6.91. The van der Waals surface area contributed by atoms with Crippen LogP contribution in [0, 0.1) is 23.7 Å². The first-order valence-electron chi connectivity index (χ1n) is 12.7. The van der Waals surface area contributed by atoms with Gasteiger partial charge in [-0.25, -0.2) is 0 Å². The van der Waals surface area contributed by atoms with Crippen LogP contribution in [0.15, 0.2) is 18.2 Å². The minimum Gasteiger partial charge on any atom is -0.381 e. The fraction of sp³-hybridized carbons (Fsp3) is 0.731. The first-order valence-corrected chi connectivity index (χ1v) is 12.7. The lowest BCUT2D eigenvalue weighted by molar-refractivity contribution is -0.947. The number of ether oxygens (including phenoxy) is 1. The molecule has 3 fully saturated rings. The zero-order valence-corrected chi connectivity index (χ0v) is 20.9. The van der Waals surface area contributed by atoms with Crippen LogP contribution >= 0.6 is 0 Å². The molecular formula is C26H35F6N2O2+. The molecule has 2 aliphatic heterocycles. The number of nitrogens with zero attached hydrogens (tertiary/aromatic N) is 1. The molecular weight excluding hydrogens is 486 g/mol. The molecule has 0 bridgehead atoms. The van der Waals surface area contributed by atoms with Crippen molar-refractivity contribution in [1.82, 2.24) is 5.32 Å². The van der Waals surface area contributed by atoms with Gasteiger partial charge in [-0.05, 0) is 35.6 Å². The number of alkyl halides is 6. The smallest absolute Gasteiger partial charge is 0.381 e. The van der Waals surface area contributed by atoms with Crippen molar-refractivity contribution < 1.29 is 40.4 Å². The molecule has 10 heteroatoms. The summed E-state index contributed by atoms with van der Waals surface area (Å²) in [5.41, 5.74) is -2.97. The highest BCUT2D eigenvalue weighted by molar-refractivity contribution is 5.79. The predicted octanol–water partition coefficient (Wildman–Crippen LogP) is 5.65. The summed E-state index contributed by atoms with van der Waals surface area (Å²) in [4.78, 5) is 13.3. The number of benzene rings is 1. The van der Waals surface area contributed by atoms with Gasteiger partial charge in [0.25, 0.3) is 0 Å². The molecule has 6 atom stereocenters. The second-order valence-electron chi connectivity index (χ2n) is 11.3. The summed E-state index contributed by atoms with van der Waals surface area (Å²) >= 11 is 0. The monoisotopic (exact) mass is 521 g/mol. The van der Waals surface area contributed by atoms with Crippen LogP contribution in [0.3, 0.4) is 0 Å². The minimum atomic E-state index is -4.92. The van der Waals surface area contributed by atoms with E-state index in [9.17, 15) is 31.1 Å². The lowest BCUT2D eigenvalue weighted by Gasteiger charge is -2.44. The zero-order chi connectivity index (χ0) is 26.5. The number of carbonyl (C=O) groups is 1. The molecule has 202 valence electrons. The van der Waals surface area contributed by atoms with E-state index < -0.39 is 23.5 Å². The van der Waals surface area contributed by atoms with Crippen LogP contribution in [0.5, 0.6) is 0 Å². The maximum atomic E-state index is 13.3. The molecule has 1 N–H and O–H groups in total.